The van der Waals surface area contributed by atoms with E-state index >= 15 is 0 Å². The number of benzene rings is 1. The van der Waals surface area contributed by atoms with Gasteiger partial charge in [0.1, 0.15) is 0 Å². The summed E-state index contributed by atoms with van der Waals surface area (Å²) in [5.74, 6) is 1.55. The first-order valence-electron chi connectivity index (χ1n) is 5.66. The summed E-state index contributed by atoms with van der Waals surface area (Å²) in [5, 5.41) is 0. The standard InChI is InChI=1S/C13H21NO2/c1-5-6-9-14(2)11-7-8-12(15-3)13(10-11)16-4/h7-8,10H,5-6,9H2,1-4H3. The first-order valence-corrected chi connectivity index (χ1v) is 5.66. The minimum absolute atomic E-state index is 0.773. The van der Waals surface area contributed by atoms with Gasteiger partial charge in [-0.1, -0.05) is 13.3 Å². The maximum Gasteiger partial charge on any atom is 0.162 e. The van der Waals surface area contributed by atoms with Crippen molar-refractivity contribution in [3.63, 3.8) is 0 Å². The van der Waals surface area contributed by atoms with E-state index in [2.05, 4.69) is 24.9 Å². The molecule has 0 amide bonds. The monoisotopic (exact) mass is 223 g/mol. The smallest absolute Gasteiger partial charge is 0.162 e. The zero-order valence-corrected chi connectivity index (χ0v) is 10.6. The van der Waals surface area contributed by atoms with Crippen molar-refractivity contribution >= 4 is 5.69 Å². The maximum atomic E-state index is 5.28. The Morgan fingerprint density at radius 3 is 2.38 bits per heavy atom. The largest absolute Gasteiger partial charge is 0.493 e. The first-order chi connectivity index (χ1) is 7.72. The fourth-order valence-electron chi connectivity index (χ4n) is 1.59. The van der Waals surface area contributed by atoms with Gasteiger partial charge >= 0.3 is 0 Å². The molecule has 1 aromatic carbocycles. The van der Waals surface area contributed by atoms with Crippen LogP contribution in [-0.2, 0) is 0 Å². The summed E-state index contributed by atoms with van der Waals surface area (Å²) in [6, 6.07) is 6.00. The van der Waals surface area contributed by atoms with Gasteiger partial charge < -0.3 is 14.4 Å². The lowest BCUT2D eigenvalue weighted by Crippen LogP contribution is -2.18. The molecular formula is C13H21NO2. The molecule has 0 unspecified atom stereocenters. The molecule has 90 valence electrons. The van der Waals surface area contributed by atoms with Crippen LogP contribution in [0.1, 0.15) is 19.8 Å². The normalized spacial score (nSPS) is 10.0. The minimum Gasteiger partial charge on any atom is -0.493 e. The number of hydrogen-bond donors (Lipinski definition) is 0. The van der Waals surface area contributed by atoms with E-state index in [1.807, 2.05) is 12.1 Å². The Hall–Kier alpha value is -1.38. The van der Waals surface area contributed by atoms with Crippen molar-refractivity contribution < 1.29 is 9.47 Å². The molecule has 16 heavy (non-hydrogen) atoms. The zero-order chi connectivity index (χ0) is 12.0. The number of ether oxygens (including phenoxy) is 2. The van der Waals surface area contributed by atoms with Gasteiger partial charge in [0, 0.05) is 25.3 Å². The number of unbranched alkanes of at least 4 members (excludes halogenated alkanes) is 1. The van der Waals surface area contributed by atoms with Crippen molar-refractivity contribution in [1.29, 1.82) is 0 Å². The van der Waals surface area contributed by atoms with Gasteiger partial charge in [-0.2, -0.15) is 0 Å². The molecule has 0 bridgehead atoms. The topological polar surface area (TPSA) is 21.7 Å². The van der Waals surface area contributed by atoms with Crippen molar-refractivity contribution in [3.05, 3.63) is 18.2 Å². The Morgan fingerprint density at radius 2 is 1.81 bits per heavy atom. The third-order valence-corrected chi connectivity index (χ3v) is 2.65. The maximum absolute atomic E-state index is 5.28. The third kappa shape index (κ3) is 3.05. The molecule has 3 heteroatoms. The summed E-state index contributed by atoms with van der Waals surface area (Å²) in [6.45, 7) is 3.26. The number of hydrogen-bond acceptors (Lipinski definition) is 3. The molecule has 0 saturated carbocycles. The van der Waals surface area contributed by atoms with Crippen LogP contribution >= 0.6 is 0 Å². The molecule has 0 N–H and O–H groups in total. The minimum atomic E-state index is 0.773. The van der Waals surface area contributed by atoms with E-state index in [4.69, 9.17) is 9.47 Å². The van der Waals surface area contributed by atoms with Crippen LogP contribution in [0.15, 0.2) is 18.2 Å². The highest BCUT2D eigenvalue weighted by atomic mass is 16.5. The second kappa shape index (κ2) is 6.26. The molecule has 0 spiro atoms. The second-order valence-corrected chi connectivity index (χ2v) is 3.81. The van der Waals surface area contributed by atoms with Gasteiger partial charge in [0.25, 0.3) is 0 Å². The van der Waals surface area contributed by atoms with E-state index in [1.54, 1.807) is 14.2 Å². The highest BCUT2D eigenvalue weighted by Gasteiger charge is 2.06. The molecule has 0 fully saturated rings. The molecular weight excluding hydrogens is 202 g/mol. The molecule has 0 aliphatic rings. The van der Waals surface area contributed by atoms with Crippen LogP contribution in [0.5, 0.6) is 11.5 Å². The van der Waals surface area contributed by atoms with Gasteiger partial charge in [-0.25, -0.2) is 0 Å². The van der Waals surface area contributed by atoms with Gasteiger partial charge in [-0.05, 0) is 18.6 Å². The molecule has 0 aliphatic carbocycles. The van der Waals surface area contributed by atoms with Crippen molar-refractivity contribution in [2.75, 3.05) is 32.7 Å². The number of rotatable bonds is 6. The van der Waals surface area contributed by atoms with Crippen LogP contribution in [0, 0.1) is 0 Å². The second-order valence-electron chi connectivity index (χ2n) is 3.81. The summed E-state index contributed by atoms with van der Waals surface area (Å²) >= 11 is 0. The fourth-order valence-corrected chi connectivity index (χ4v) is 1.59. The highest BCUT2D eigenvalue weighted by molar-refractivity contribution is 5.55. The lowest BCUT2D eigenvalue weighted by Gasteiger charge is -2.20. The lowest BCUT2D eigenvalue weighted by molar-refractivity contribution is 0.355. The van der Waals surface area contributed by atoms with Crippen LogP contribution in [0.3, 0.4) is 0 Å². The number of methoxy groups -OCH3 is 2. The average molecular weight is 223 g/mol. The molecule has 3 nitrogen and oxygen atoms in total. The average Bonchev–Trinajstić information content (AvgIpc) is 2.34. The summed E-state index contributed by atoms with van der Waals surface area (Å²) in [6.07, 6.45) is 2.41. The van der Waals surface area contributed by atoms with E-state index in [-0.39, 0.29) is 0 Å². The van der Waals surface area contributed by atoms with E-state index in [0.29, 0.717) is 0 Å². The van der Waals surface area contributed by atoms with Crippen LogP contribution in [0.4, 0.5) is 5.69 Å². The van der Waals surface area contributed by atoms with Crippen LogP contribution in [0.25, 0.3) is 0 Å². The van der Waals surface area contributed by atoms with E-state index < -0.39 is 0 Å². The molecule has 0 aromatic heterocycles. The summed E-state index contributed by atoms with van der Waals surface area (Å²) in [7, 11) is 5.41. The summed E-state index contributed by atoms with van der Waals surface area (Å²) < 4.78 is 10.5. The predicted octanol–water partition coefficient (Wildman–Crippen LogP) is 2.94. The molecule has 0 saturated heterocycles. The van der Waals surface area contributed by atoms with Gasteiger partial charge in [0.05, 0.1) is 14.2 Å². The Morgan fingerprint density at radius 1 is 1.12 bits per heavy atom. The van der Waals surface area contributed by atoms with Crippen molar-refractivity contribution in [3.8, 4) is 11.5 Å². The molecule has 0 heterocycles. The molecule has 0 radical (unpaired) electrons. The summed E-state index contributed by atoms with van der Waals surface area (Å²) in [5.41, 5.74) is 1.16. The molecule has 1 rings (SSSR count). The van der Waals surface area contributed by atoms with Crippen molar-refractivity contribution in [2.45, 2.75) is 19.8 Å². The summed E-state index contributed by atoms with van der Waals surface area (Å²) in [4.78, 5) is 2.23. The quantitative estimate of drug-likeness (QED) is 0.740. The predicted molar refractivity (Wildman–Crippen MR) is 67.7 cm³/mol. The molecule has 0 atom stereocenters. The van der Waals surface area contributed by atoms with E-state index in [0.717, 1.165) is 23.7 Å². The van der Waals surface area contributed by atoms with Crippen molar-refractivity contribution in [1.82, 2.24) is 0 Å². The van der Waals surface area contributed by atoms with Gasteiger partial charge in [0.2, 0.25) is 0 Å². The van der Waals surface area contributed by atoms with Crippen LogP contribution in [0.2, 0.25) is 0 Å². The van der Waals surface area contributed by atoms with E-state index in [9.17, 15) is 0 Å². The van der Waals surface area contributed by atoms with Crippen LogP contribution < -0.4 is 14.4 Å². The Labute approximate surface area is 98.0 Å². The van der Waals surface area contributed by atoms with Gasteiger partial charge in [0.15, 0.2) is 11.5 Å². The molecule has 1 aromatic rings. The number of nitrogens with zero attached hydrogens (tertiary/aromatic N) is 1. The van der Waals surface area contributed by atoms with Gasteiger partial charge in [-0.3, -0.25) is 0 Å². The fraction of sp³-hybridized carbons (Fsp3) is 0.538. The SMILES string of the molecule is CCCCN(C)c1ccc(OC)c(OC)c1. The Kier molecular flexibility index (Phi) is 4.96. The lowest BCUT2D eigenvalue weighted by atomic mass is 10.2. The highest BCUT2D eigenvalue weighted by Crippen LogP contribution is 2.31. The van der Waals surface area contributed by atoms with E-state index in [1.165, 1.54) is 12.8 Å². The van der Waals surface area contributed by atoms with Crippen LogP contribution in [-0.4, -0.2) is 27.8 Å². The van der Waals surface area contributed by atoms with Crippen molar-refractivity contribution in [2.24, 2.45) is 0 Å². The zero-order valence-electron chi connectivity index (χ0n) is 10.6. The third-order valence-electron chi connectivity index (χ3n) is 2.65. The molecule has 0 aliphatic heterocycles. The first kappa shape index (κ1) is 12.7. The Balaban J connectivity index is 2.81. The Bertz CT molecular complexity index is 326. The van der Waals surface area contributed by atoms with Gasteiger partial charge in [-0.15, -0.1) is 0 Å². The number of anilines is 1.